The molecule has 0 aliphatic heterocycles. The largest absolute Gasteiger partial charge is 0.478 e. The van der Waals surface area contributed by atoms with Crippen molar-refractivity contribution in [1.29, 1.82) is 0 Å². The molecular formula is C19H20N2O2. The van der Waals surface area contributed by atoms with Crippen molar-refractivity contribution in [3.8, 4) is 0 Å². The molecule has 0 spiro atoms. The zero-order valence-corrected chi connectivity index (χ0v) is 13.0. The Morgan fingerprint density at radius 2 is 1.96 bits per heavy atom. The van der Waals surface area contributed by atoms with Crippen molar-refractivity contribution >= 4 is 16.9 Å². The standard InChI is InChI=1S/C19H20N2O2/c1-20-11-10-14(13-6-3-2-4-7-13)16-12-21-17-9-5-8-15(18(16)17)19(22)23/h2-9,12,14,20-21H,10-11H2,1H3,(H,22,23). The molecule has 118 valence electrons. The summed E-state index contributed by atoms with van der Waals surface area (Å²) in [6.45, 7) is 0.863. The lowest BCUT2D eigenvalue weighted by Gasteiger charge is -2.17. The number of aromatic carboxylic acids is 1. The molecule has 4 nitrogen and oxygen atoms in total. The van der Waals surface area contributed by atoms with Crippen LogP contribution in [0.3, 0.4) is 0 Å². The number of benzene rings is 2. The third kappa shape index (κ3) is 2.98. The van der Waals surface area contributed by atoms with E-state index in [0.29, 0.717) is 5.56 Å². The molecule has 0 aliphatic carbocycles. The Balaban J connectivity index is 2.16. The number of carboxylic acid groups (broad SMARTS) is 1. The Labute approximate surface area is 135 Å². The van der Waals surface area contributed by atoms with Crippen LogP contribution in [-0.4, -0.2) is 29.7 Å². The van der Waals surface area contributed by atoms with Crippen molar-refractivity contribution in [3.63, 3.8) is 0 Å². The van der Waals surface area contributed by atoms with Gasteiger partial charge in [-0.3, -0.25) is 0 Å². The molecule has 0 amide bonds. The third-order valence-corrected chi connectivity index (χ3v) is 4.23. The van der Waals surface area contributed by atoms with Gasteiger partial charge in [0.05, 0.1) is 5.56 Å². The number of H-pyrrole nitrogens is 1. The first-order valence-electron chi connectivity index (χ1n) is 7.75. The van der Waals surface area contributed by atoms with E-state index in [2.05, 4.69) is 22.4 Å². The lowest BCUT2D eigenvalue weighted by molar-refractivity contribution is 0.0699. The highest BCUT2D eigenvalue weighted by Gasteiger charge is 2.21. The molecule has 0 radical (unpaired) electrons. The molecule has 0 saturated carbocycles. The molecule has 1 atom stereocenters. The Kier molecular flexibility index (Phi) is 4.44. The van der Waals surface area contributed by atoms with Gasteiger partial charge in [-0.25, -0.2) is 4.79 Å². The maximum absolute atomic E-state index is 11.6. The minimum absolute atomic E-state index is 0.151. The summed E-state index contributed by atoms with van der Waals surface area (Å²) in [7, 11) is 1.93. The van der Waals surface area contributed by atoms with Crippen LogP contribution in [0.2, 0.25) is 0 Å². The maximum Gasteiger partial charge on any atom is 0.336 e. The SMILES string of the molecule is CNCCC(c1ccccc1)c1c[nH]c2cccc(C(=O)O)c12. The summed E-state index contributed by atoms with van der Waals surface area (Å²) in [5.74, 6) is -0.741. The number of rotatable bonds is 6. The van der Waals surface area contributed by atoms with Crippen molar-refractivity contribution in [2.24, 2.45) is 0 Å². The zero-order valence-electron chi connectivity index (χ0n) is 13.0. The van der Waals surface area contributed by atoms with Crippen LogP contribution in [-0.2, 0) is 0 Å². The van der Waals surface area contributed by atoms with E-state index >= 15 is 0 Å². The number of aromatic nitrogens is 1. The van der Waals surface area contributed by atoms with Crippen LogP contribution in [0.4, 0.5) is 0 Å². The normalized spacial score (nSPS) is 12.4. The summed E-state index contributed by atoms with van der Waals surface area (Å²) in [5.41, 5.74) is 3.46. The fourth-order valence-electron chi connectivity index (χ4n) is 3.14. The Morgan fingerprint density at radius 3 is 2.65 bits per heavy atom. The first-order chi connectivity index (χ1) is 11.2. The van der Waals surface area contributed by atoms with Crippen LogP contribution in [0.15, 0.2) is 54.7 Å². The van der Waals surface area contributed by atoms with Crippen molar-refractivity contribution in [2.45, 2.75) is 12.3 Å². The van der Waals surface area contributed by atoms with E-state index in [-0.39, 0.29) is 5.92 Å². The quantitative estimate of drug-likeness (QED) is 0.652. The van der Waals surface area contributed by atoms with Gasteiger partial charge in [0, 0.05) is 23.0 Å². The van der Waals surface area contributed by atoms with Crippen molar-refractivity contribution in [1.82, 2.24) is 10.3 Å². The average molecular weight is 308 g/mol. The number of fused-ring (bicyclic) bond motifs is 1. The van der Waals surface area contributed by atoms with Gasteiger partial charge in [0.15, 0.2) is 0 Å². The Hall–Kier alpha value is -2.59. The van der Waals surface area contributed by atoms with E-state index < -0.39 is 5.97 Å². The molecule has 1 aromatic heterocycles. The summed E-state index contributed by atoms with van der Waals surface area (Å²) >= 11 is 0. The molecule has 3 N–H and O–H groups in total. The molecular weight excluding hydrogens is 288 g/mol. The molecule has 2 aromatic carbocycles. The fourth-order valence-corrected chi connectivity index (χ4v) is 3.14. The summed E-state index contributed by atoms with van der Waals surface area (Å²) in [6.07, 6.45) is 2.85. The topological polar surface area (TPSA) is 65.1 Å². The lowest BCUT2D eigenvalue weighted by atomic mass is 9.87. The molecule has 0 bridgehead atoms. The zero-order chi connectivity index (χ0) is 16.2. The number of nitrogens with one attached hydrogen (secondary N) is 2. The van der Waals surface area contributed by atoms with Crippen LogP contribution in [0.5, 0.6) is 0 Å². The fraction of sp³-hybridized carbons (Fsp3) is 0.211. The van der Waals surface area contributed by atoms with E-state index in [1.165, 1.54) is 5.56 Å². The van der Waals surface area contributed by atoms with E-state index in [1.54, 1.807) is 12.1 Å². The Morgan fingerprint density at radius 1 is 1.17 bits per heavy atom. The highest BCUT2D eigenvalue weighted by molar-refractivity contribution is 6.04. The van der Waals surface area contributed by atoms with E-state index in [0.717, 1.165) is 29.4 Å². The summed E-state index contributed by atoms with van der Waals surface area (Å²) in [5, 5.41) is 13.5. The molecule has 0 fully saturated rings. The van der Waals surface area contributed by atoms with Crippen LogP contribution < -0.4 is 5.32 Å². The smallest absolute Gasteiger partial charge is 0.336 e. The predicted octanol–water partition coefficient (Wildman–Crippen LogP) is 3.61. The van der Waals surface area contributed by atoms with Crippen molar-refractivity contribution in [2.75, 3.05) is 13.6 Å². The van der Waals surface area contributed by atoms with Crippen molar-refractivity contribution in [3.05, 3.63) is 71.4 Å². The second-order valence-electron chi connectivity index (χ2n) is 5.63. The monoisotopic (exact) mass is 308 g/mol. The van der Waals surface area contributed by atoms with Crippen molar-refractivity contribution < 1.29 is 9.90 Å². The molecule has 1 unspecified atom stereocenters. The summed E-state index contributed by atoms with van der Waals surface area (Å²) < 4.78 is 0. The maximum atomic E-state index is 11.6. The van der Waals surface area contributed by atoms with Gasteiger partial charge in [-0.15, -0.1) is 0 Å². The van der Waals surface area contributed by atoms with Gasteiger partial charge < -0.3 is 15.4 Å². The summed E-state index contributed by atoms with van der Waals surface area (Å²) in [6, 6.07) is 15.6. The number of hydrogen-bond acceptors (Lipinski definition) is 2. The van der Waals surface area contributed by atoms with Gasteiger partial charge in [0.2, 0.25) is 0 Å². The number of aromatic amines is 1. The molecule has 4 heteroatoms. The lowest BCUT2D eigenvalue weighted by Crippen LogP contribution is -2.13. The van der Waals surface area contributed by atoms with Gasteiger partial charge in [-0.1, -0.05) is 36.4 Å². The highest BCUT2D eigenvalue weighted by Crippen LogP contribution is 2.34. The molecule has 1 heterocycles. The van der Waals surface area contributed by atoms with E-state index in [9.17, 15) is 9.90 Å². The molecule has 0 saturated heterocycles. The second-order valence-corrected chi connectivity index (χ2v) is 5.63. The number of carbonyl (C=O) groups is 1. The highest BCUT2D eigenvalue weighted by atomic mass is 16.4. The predicted molar refractivity (Wildman–Crippen MR) is 92.1 cm³/mol. The third-order valence-electron chi connectivity index (χ3n) is 4.23. The van der Waals surface area contributed by atoms with Crippen LogP contribution in [0.1, 0.15) is 33.8 Å². The number of carboxylic acids is 1. The average Bonchev–Trinajstić information content (AvgIpc) is 3.00. The van der Waals surface area contributed by atoms with E-state index in [4.69, 9.17) is 0 Å². The first kappa shape index (κ1) is 15.3. The van der Waals surface area contributed by atoms with Crippen LogP contribution in [0.25, 0.3) is 10.9 Å². The minimum atomic E-state index is -0.892. The van der Waals surface area contributed by atoms with Gasteiger partial charge in [0.1, 0.15) is 0 Å². The molecule has 3 rings (SSSR count). The van der Waals surface area contributed by atoms with Crippen LogP contribution in [0, 0.1) is 0 Å². The van der Waals surface area contributed by atoms with Crippen LogP contribution >= 0.6 is 0 Å². The number of hydrogen-bond donors (Lipinski definition) is 3. The molecule has 23 heavy (non-hydrogen) atoms. The Bertz CT molecular complexity index is 809. The molecule has 3 aromatic rings. The second kappa shape index (κ2) is 6.67. The van der Waals surface area contributed by atoms with Gasteiger partial charge in [0.25, 0.3) is 0 Å². The first-order valence-corrected chi connectivity index (χ1v) is 7.75. The van der Waals surface area contributed by atoms with E-state index in [1.807, 2.05) is 37.5 Å². The molecule has 0 aliphatic rings. The minimum Gasteiger partial charge on any atom is -0.478 e. The summed E-state index contributed by atoms with van der Waals surface area (Å²) in [4.78, 5) is 14.8. The van der Waals surface area contributed by atoms with Gasteiger partial charge in [-0.05, 0) is 43.3 Å². The van der Waals surface area contributed by atoms with Gasteiger partial charge >= 0.3 is 5.97 Å². The van der Waals surface area contributed by atoms with Gasteiger partial charge in [-0.2, -0.15) is 0 Å².